The van der Waals surface area contributed by atoms with Gasteiger partial charge in [-0.3, -0.25) is 0 Å². The molecule has 2 aliphatic carbocycles. The molecule has 3 unspecified atom stereocenters. The van der Waals surface area contributed by atoms with Gasteiger partial charge in [0.15, 0.2) is 0 Å². The standard InChI is InChI=1S/C16H31N/c1-11(2)14-7-8-15(10-17-12(3)4)16(9-14)13-5-6-13/h11-17H,5-10H2,1-4H3. The van der Waals surface area contributed by atoms with Gasteiger partial charge in [-0.15, -0.1) is 0 Å². The van der Waals surface area contributed by atoms with Crippen LogP contribution in [0.2, 0.25) is 0 Å². The molecule has 1 heteroatoms. The Morgan fingerprint density at radius 3 is 2.24 bits per heavy atom. The van der Waals surface area contributed by atoms with Crippen LogP contribution in [0, 0.1) is 29.6 Å². The van der Waals surface area contributed by atoms with Crippen molar-refractivity contribution in [3.8, 4) is 0 Å². The van der Waals surface area contributed by atoms with Gasteiger partial charge < -0.3 is 5.32 Å². The van der Waals surface area contributed by atoms with Crippen molar-refractivity contribution in [1.82, 2.24) is 5.32 Å². The lowest BCUT2D eigenvalue weighted by molar-refractivity contribution is 0.127. The van der Waals surface area contributed by atoms with E-state index in [0.29, 0.717) is 6.04 Å². The Morgan fingerprint density at radius 1 is 1.00 bits per heavy atom. The third kappa shape index (κ3) is 3.71. The van der Waals surface area contributed by atoms with E-state index in [-0.39, 0.29) is 0 Å². The fourth-order valence-corrected chi connectivity index (χ4v) is 3.65. The van der Waals surface area contributed by atoms with Gasteiger partial charge in [0.25, 0.3) is 0 Å². The smallest absolute Gasteiger partial charge is 0.00104 e. The molecule has 3 atom stereocenters. The van der Waals surface area contributed by atoms with Crippen molar-refractivity contribution in [2.75, 3.05) is 6.54 Å². The number of nitrogens with one attached hydrogen (secondary N) is 1. The topological polar surface area (TPSA) is 12.0 Å². The minimum atomic E-state index is 0.651. The SMILES string of the molecule is CC(C)NCC1CCC(C(C)C)CC1C1CC1. The number of hydrogen-bond acceptors (Lipinski definition) is 1. The van der Waals surface area contributed by atoms with Crippen LogP contribution in [0.5, 0.6) is 0 Å². The first-order valence-electron chi connectivity index (χ1n) is 7.81. The van der Waals surface area contributed by atoms with Crippen LogP contribution in [0.4, 0.5) is 0 Å². The second-order valence-corrected chi connectivity index (χ2v) is 7.14. The van der Waals surface area contributed by atoms with E-state index in [4.69, 9.17) is 0 Å². The van der Waals surface area contributed by atoms with Crippen LogP contribution in [0.15, 0.2) is 0 Å². The Hall–Kier alpha value is -0.0400. The minimum absolute atomic E-state index is 0.651. The van der Waals surface area contributed by atoms with E-state index in [1.54, 1.807) is 0 Å². The molecule has 2 fully saturated rings. The molecule has 100 valence electrons. The van der Waals surface area contributed by atoms with E-state index in [1.807, 2.05) is 0 Å². The fourth-order valence-electron chi connectivity index (χ4n) is 3.65. The molecule has 0 aromatic carbocycles. The van der Waals surface area contributed by atoms with E-state index in [1.165, 1.54) is 38.6 Å². The summed E-state index contributed by atoms with van der Waals surface area (Å²) in [5.74, 6) is 5.02. The molecule has 0 radical (unpaired) electrons. The summed E-state index contributed by atoms with van der Waals surface area (Å²) in [5, 5.41) is 3.67. The second kappa shape index (κ2) is 5.73. The first kappa shape index (κ1) is 13.4. The highest BCUT2D eigenvalue weighted by molar-refractivity contribution is 4.91. The Kier molecular flexibility index (Phi) is 4.52. The zero-order valence-electron chi connectivity index (χ0n) is 12.2. The summed E-state index contributed by atoms with van der Waals surface area (Å²) in [6, 6.07) is 0.651. The third-order valence-electron chi connectivity index (χ3n) is 5.05. The molecule has 0 saturated heterocycles. The lowest BCUT2D eigenvalue weighted by atomic mass is 9.68. The Balaban J connectivity index is 1.88. The molecule has 1 N–H and O–H groups in total. The van der Waals surface area contributed by atoms with Gasteiger partial charge in [0.05, 0.1) is 0 Å². The van der Waals surface area contributed by atoms with Crippen LogP contribution in [-0.4, -0.2) is 12.6 Å². The zero-order chi connectivity index (χ0) is 12.4. The molecular formula is C16H31N. The summed E-state index contributed by atoms with van der Waals surface area (Å²) in [7, 11) is 0. The molecule has 0 aliphatic heterocycles. The van der Waals surface area contributed by atoms with Crippen LogP contribution in [-0.2, 0) is 0 Å². The highest BCUT2D eigenvalue weighted by Crippen LogP contribution is 2.49. The summed E-state index contributed by atoms with van der Waals surface area (Å²) >= 11 is 0. The van der Waals surface area contributed by atoms with Crippen LogP contribution in [0.25, 0.3) is 0 Å². The molecule has 2 aliphatic rings. The van der Waals surface area contributed by atoms with Crippen LogP contribution < -0.4 is 5.32 Å². The van der Waals surface area contributed by atoms with Gasteiger partial charge in [-0.05, 0) is 68.2 Å². The van der Waals surface area contributed by atoms with Crippen molar-refractivity contribution < 1.29 is 0 Å². The largest absolute Gasteiger partial charge is 0.314 e. The third-order valence-corrected chi connectivity index (χ3v) is 5.05. The first-order chi connectivity index (χ1) is 8.08. The average Bonchev–Trinajstić information content (AvgIpc) is 3.09. The van der Waals surface area contributed by atoms with E-state index in [0.717, 1.165) is 29.6 Å². The molecule has 0 aromatic rings. The van der Waals surface area contributed by atoms with Crippen molar-refractivity contribution >= 4 is 0 Å². The second-order valence-electron chi connectivity index (χ2n) is 7.14. The summed E-state index contributed by atoms with van der Waals surface area (Å²) in [6.07, 6.45) is 7.52. The van der Waals surface area contributed by atoms with E-state index in [2.05, 4.69) is 33.0 Å². The molecule has 2 saturated carbocycles. The first-order valence-corrected chi connectivity index (χ1v) is 7.81. The predicted molar refractivity (Wildman–Crippen MR) is 75.0 cm³/mol. The van der Waals surface area contributed by atoms with Crippen molar-refractivity contribution in [3.63, 3.8) is 0 Å². The van der Waals surface area contributed by atoms with E-state index in [9.17, 15) is 0 Å². The molecule has 0 aromatic heterocycles. The monoisotopic (exact) mass is 237 g/mol. The van der Waals surface area contributed by atoms with Crippen LogP contribution in [0.3, 0.4) is 0 Å². The Morgan fingerprint density at radius 2 is 1.71 bits per heavy atom. The fraction of sp³-hybridized carbons (Fsp3) is 1.00. The highest BCUT2D eigenvalue weighted by Gasteiger charge is 2.40. The van der Waals surface area contributed by atoms with Gasteiger partial charge >= 0.3 is 0 Å². The number of rotatable bonds is 5. The summed E-state index contributed by atoms with van der Waals surface area (Å²) in [5.41, 5.74) is 0. The molecule has 2 rings (SSSR count). The summed E-state index contributed by atoms with van der Waals surface area (Å²) in [4.78, 5) is 0. The Labute approximate surface area is 108 Å². The minimum Gasteiger partial charge on any atom is -0.314 e. The molecule has 0 amide bonds. The molecule has 0 heterocycles. The maximum Gasteiger partial charge on any atom is 0.00104 e. The van der Waals surface area contributed by atoms with E-state index >= 15 is 0 Å². The molecule has 17 heavy (non-hydrogen) atoms. The molecule has 0 spiro atoms. The van der Waals surface area contributed by atoms with Gasteiger partial charge in [0, 0.05) is 6.04 Å². The molecule has 1 nitrogen and oxygen atoms in total. The van der Waals surface area contributed by atoms with Crippen molar-refractivity contribution in [3.05, 3.63) is 0 Å². The van der Waals surface area contributed by atoms with Gasteiger partial charge in [-0.25, -0.2) is 0 Å². The quantitative estimate of drug-likeness (QED) is 0.759. The lowest BCUT2D eigenvalue weighted by Crippen LogP contribution is -2.37. The van der Waals surface area contributed by atoms with Gasteiger partial charge in [-0.1, -0.05) is 27.7 Å². The predicted octanol–water partition coefficient (Wildman–Crippen LogP) is 4.08. The highest BCUT2D eigenvalue weighted by atomic mass is 14.9. The number of hydrogen-bond donors (Lipinski definition) is 1. The zero-order valence-corrected chi connectivity index (χ0v) is 12.2. The average molecular weight is 237 g/mol. The normalized spacial score (nSPS) is 34.6. The van der Waals surface area contributed by atoms with Crippen molar-refractivity contribution in [1.29, 1.82) is 0 Å². The van der Waals surface area contributed by atoms with Gasteiger partial charge in [0.2, 0.25) is 0 Å². The van der Waals surface area contributed by atoms with Gasteiger partial charge in [-0.2, -0.15) is 0 Å². The van der Waals surface area contributed by atoms with Crippen molar-refractivity contribution in [2.45, 2.75) is 65.8 Å². The van der Waals surface area contributed by atoms with Gasteiger partial charge in [0.1, 0.15) is 0 Å². The van der Waals surface area contributed by atoms with Crippen molar-refractivity contribution in [2.24, 2.45) is 29.6 Å². The maximum atomic E-state index is 3.67. The van der Waals surface area contributed by atoms with Crippen LogP contribution in [0.1, 0.15) is 59.8 Å². The maximum absolute atomic E-state index is 3.67. The van der Waals surface area contributed by atoms with E-state index < -0.39 is 0 Å². The lowest BCUT2D eigenvalue weighted by Gasteiger charge is -2.38. The Bertz CT molecular complexity index is 230. The molecular weight excluding hydrogens is 206 g/mol. The summed E-state index contributed by atoms with van der Waals surface area (Å²) in [6.45, 7) is 10.6. The molecule has 0 bridgehead atoms. The summed E-state index contributed by atoms with van der Waals surface area (Å²) < 4.78 is 0. The van der Waals surface area contributed by atoms with Crippen LogP contribution >= 0.6 is 0 Å².